The summed E-state index contributed by atoms with van der Waals surface area (Å²) in [5.74, 6) is 0.943. The van der Waals surface area contributed by atoms with E-state index in [1.807, 2.05) is 12.1 Å². The fourth-order valence-corrected chi connectivity index (χ4v) is 6.29. The van der Waals surface area contributed by atoms with E-state index in [0.29, 0.717) is 44.7 Å². The molecule has 3 aliphatic rings. The van der Waals surface area contributed by atoms with Crippen LogP contribution in [0.15, 0.2) is 36.4 Å². The smallest absolute Gasteiger partial charge is 0.318 e. The van der Waals surface area contributed by atoms with Gasteiger partial charge in [0.15, 0.2) is 0 Å². The second kappa shape index (κ2) is 12.4. The number of hydrogen-bond acceptors (Lipinski definition) is 7. The molecule has 1 aromatic heterocycles. The van der Waals surface area contributed by atoms with E-state index in [1.165, 1.54) is 12.0 Å². The SMILES string of the molecule is CN1CCC[C@H]1COc1nc2c(c(N3CC[N-][C@@H](CC#N)C3)n1)CCN(c1cccc3cccc(Cl)c13)C2.[W]. The summed E-state index contributed by atoms with van der Waals surface area (Å²) in [6, 6.07) is 15.5. The summed E-state index contributed by atoms with van der Waals surface area (Å²) in [6.45, 7) is 5.39. The number of halogens is 1. The zero-order valence-electron chi connectivity index (χ0n) is 22.2. The van der Waals surface area contributed by atoms with Crippen LogP contribution in [0.25, 0.3) is 16.1 Å². The Bertz CT molecular complexity index is 1360. The first kappa shape index (κ1) is 28.1. The minimum absolute atomic E-state index is 0. The van der Waals surface area contributed by atoms with Crippen LogP contribution in [0, 0.1) is 11.3 Å². The second-order valence-electron chi connectivity index (χ2n) is 10.5. The summed E-state index contributed by atoms with van der Waals surface area (Å²) in [6.07, 6.45) is 3.58. The Morgan fingerprint density at radius 1 is 1.13 bits per heavy atom. The molecule has 0 amide bonds. The Hall–Kier alpha value is -2.43. The number of nitriles is 1. The maximum atomic E-state index is 9.25. The quantitative estimate of drug-likeness (QED) is 0.363. The third-order valence-electron chi connectivity index (χ3n) is 8.09. The zero-order chi connectivity index (χ0) is 26.1. The number of ether oxygens (including phenoxy) is 1. The predicted octanol–water partition coefficient (Wildman–Crippen LogP) is 4.79. The monoisotopic (exact) mass is 714 g/mol. The number of fused-ring (bicyclic) bond motifs is 2. The molecule has 3 aromatic rings. The van der Waals surface area contributed by atoms with Gasteiger partial charge in [0.25, 0.3) is 0 Å². The van der Waals surface area contributed by atoms with Crippen LogP contribution in [-0.2, 0) is 34.0 Å². The van der Waals surface area contributed by atoms with Crippen molar-refractivity contribution in [2.75, 3.05) is 56.2 Å². The average molecular weight is 715 g/mol. The standard InChI is InChI=1S/C29H33ClN7O.W/c1-35-14-4-7-22(35)19-38-29-33-25-18-36(26-9-3-6-20-5-2-8-24(30)27(20)26)15-11-23(25)28(34-29)37-16-13-32-21(17-37)10-12-31;/h2-3,5-6,8-9,21-22H,4,7,10-11,13-19H2,1H3;/q-1;/t21-,22-;/m0./s1. The molecule has 2 atom stereocenters. The van der Waals surface area contributed by atoms with Gasteiger partial charge in [0.05, 0.1) is 23.3 Å². The average Bonchev–Trinajstić information content (AvgIpc) is 3.35. The van der Waals surface area contributed by atoms with Gasteiger partial charge in [-0.15, -0.1) is 12.6 Å². The molecule has 0 unspecified atom stereocenters. The Balaban J connectivity index is 0.00000308. The van der Waals surface area contributed by atoms with Crippen LogP contribution in [0.1, 0.15) is 30.5 Å². The first-order chi connectivity index (χ1) is 18.6. The van der Waals surface area contributed by atoms with E-state index in [0.717, 1.165) is 65.5 Å². The molecule has 0 bridgehead atoms. The van der Waals surface area contributed by atoms with E-state index in [2.05, 4.69) is 57.4 Å². The number of piperazine rings is 1. The van der Waals surface area contributed by atoms with Gasteiger partial charge >= 0.3 is 6.01 Å². The van der Waals surface area contributed by atoms with Gasteiger partial charge in [0.2, 0.25) is 0 Å². The van der Waals surface area contributed by atoms with Gasteiger partial charge in [-0.05, 0) is 50.4 Å². The Morgan fingerprint density at radius 2 is 1.97 bits per heavy atom. The Kier molecular flexibility index (Phi) is 8.93. The van der Waals surface area contributed by atoms with Crippen molar-refractivity contribution in [1.29, 1.82) is 5.26 Å². The summed E-state index contributed by atoms with van der Waals surface area (Å²) < 4.78 is 6.26. The fourth-order valence-electron chi connectivity index (χ4n) is 6.01. The van der Waals surface area contributed by atoms with Crippen molar-refractivity contribution in [3.8, 4) is 12.1 Å². The molecule has 0 saturated carbocycles. The van der Waals surface area contributed by atoms with Crippen molar-refractivity contribution in [1.82, 2.24) is 14.9 Å². The molecule has 204 valence electrons. The normalized spacial score (nSPS) is 21.4. The minimum Gasteiger partial charge on any atom is -0.656 e. The van der Waals surface area contributed by atoms with E-state index in [-0.39, 0.29) is 27.1 Å². The number of nitrogens with zero attached hydrogens (tertiary/aromatic N) is 7. The summed E-state index contributed by atoms with van der Waals surface area (Å²) in [4.78, 5) is 16.9. The maximum Gasteiger partial charge on any atom is 0.318 e. The van der Waals surface area contributed by atoms with Crippen molar-refractivity contribution in [2.45, 2.75) is 44.3 Å². The van der Waals surface area contributed by atoms with Crippen molar-refractivity contribution < 1.29 is 25.8 Å². The molecule has 4 heterocycles. The van der Waals surface area contributed by atoms with E-state index in [1.54, 1.807) is 0 Å². The van der Waals surface area contributed by atoms with Crippen molar-refractivity contribution in [3.63, 3.8) is 0 Å². The fraction of sp³-hybridized carbons (Fsp3) is 0.483. The van der Waals surface area contributed by atoms with E-state index >= 15 is 0 Å². The van der Waals surface area contributed by atoms with Crippen LogP contribution in [0.4, 0.5) is 11.5 Å². The zero-order valence-corrected chi connectivity index (χ0v) is 25.9. The van der Waals surface area contributed by atoms with Crippen LogP contribution in [0.2, 0.25) is 5.02 Å². The van der Waals surface area contributed by atoms with E-state index < -0.39 is 0 Å². The number of benzene rings is 2. The van der Waals surface area contributed by atoms with Crippen LogP contribution in [-0.4, -0.2) is 73.3 Å². The summed E-state index contributed by atoms with van der Waals surface area (Å²) >= 11 is 6.67. The van der Waals surface area contributed by atoms with Crippen molar-refractivity contribution >= 4 is 33.9 Å². The van der Waals surface area contributed by atoms with Gasteiger partial charge in [0, 0.05) is 69.8 Å². The number of rotatable bonds is 6. The van der Waals surface area contributed by atoms with Crippen molar-refractivity contribution in [3.05, 3.63) is 58.0 Å². The number of likely N-dealkylation sites (tertiary alicyclic amines) is 1. The molecule has 2 saturated heterocycles. The van der Waals surface area contributed by atoms with Crippen LogP contribution in [0.3, 0.4) is 0 Å². The van der Waals surface area contributed by atoms with Gasteiger partial charge in [-0.25, -0.2) is 0 Å². The first-order valence-electron chi connectivity index (χ1n) is 13.5. The molecule has 8 nitrogen and oxygen atoms in total. The van der Waals surface area contributed by atoms with Gasteiger partial charge < -0.3 is 24.8 Å². The number of likely N-dealkylation sites (N-methyl/N-ethyl adjacent to an activating group) is 1. The van der Waals surface area contributed by atoms with Gasteiger partial charge in [-0.1, -0.05) is 35.9 Å². The van der Waals surface area contributed by atoms with Gasteiger partial charge in [-0.2, -0.15) is 15.2 Å². The first-order valence-corrected chi connectivity index (χ1v) is 13.9. The second-order valence-corrected chi connectivity index (χ2v) is 10.9. The summed E-state index contributed by atoms with van der Waals surface area (Å²) in [7, 11) is 2.15. The minimum atomic E-state index is 0. The topological polar surface area (TPSA) is 82.6 Å². The molecule has 2 aromatic carbocycles. The van der Waals surface area contributed by atoms with E-state index in [4.69, 9.17) is 26.3 Å². The molecule has 0 radical (unpaired) electrons. The van der Waals surface area contributed by atoms with Crippen LogP contribution < -0.4 is 14.5 Å². The molecule has 39 heavy (non-hydrogen) atoms. The maximum absolute atomic E-state index is 9.25. The molecule has 10 heteroatoms. The van der Waals surface area contributed by atoms with E-state index in [9.17, 15) is 5.26 Å². The number of aromatic nitrogens is 2. The Morgan fingerprint density at radius 3 is 2.77 bits per heavy atom. The van der Waals surface area contributed by atoms with Crippen molar-refractivity contribution in [2.24, 2.45) is 0 Å². The Labute approximate surface area is 249 Å². The molecular weight excluding hydrogens is 682 g/mol. The summed E-state index contributed by atoms with van der Waals surface area (Å²) in [5.41, 5.74) is 3.30. The molecule has 0 spiro atoms. The third-order valence-corrected chi connectivity index (χ3v) is 8.40. The summed E-state index contributed by atoms with van der Waals surface area (Å²) in [5, 5.41) is 16.9. The molecule has 6 rings (SSSR count). The van der Waals surface area contributed by atoms with Gasteiger partial charge in [0.1, 0.15) is 12.4 Å². The largest absolute Gasteiger partial charge is 0.656 e. The van der Waals surface area contributed by atoms with Crippen LogP contribution >= 0.6 is 11.6 Å². The van der Waals surface area contributed by atoms with Crippen LogP contribution in [0.5, 0.6) is 6.01 Å². The molecule has 0 aliphatic carbocycles. The predicted molar refractivity (Wildman–Crippen MR) is 151 cm³/mol. The molecule has 0 N–H and O–H groups in total. The van der Waals surface area contributed by atoms with Gasteiger partial charge in [-0.3, -0.25) is 0 Å². The molecule has 2 fully saturated rings. The molecule has 3 aliphatic heterocycles. The number of hydrogen-bond donors (Lipinski definition) is 0. The number of anilines is 2. The third kappa shape index (κ3) is 5.88. The molecular formula is C29H33ClN7OW-.